The van der Waals surface area contributed by atoms with Gasteiger partial charge in [0.05, 0.1) is 5.25 Å². The molecule has 0 aromatic carbocycles. The van der Waals surface area contributed by atoms with Gasteiger partial charge in [0.2, 0.25) is 10.0 Å². The van der Waals surface area contributed by atoms with Gasteiger partial charge in [0.1, 0.15) is 0 Å². The van der Waals surface area contributed by atoms with Gasteiger partial charge in [0.15, 0.2) is 0 Å². The quantitative estimate of drug-likeness (QED) is 0.743. The molecule has 0 spiro atoms. The van der Waals surface area contributed by atoms with Crippen LogP contribution in [0.25, 0.3) is 0 Å². The summed E-state index contributed by atoms with van der Waals surface area (Å²) in [4.78, 5) is 0. The van der Waals surface area contributed by atoms with Crippen molar-refractivity contribution >= 4 is 10.0 Å². The fraction of sp³-hybridized carbons (Fsp3) is 1.00. The van der Waals surface area contributed by atoms with Gasteiger partial charge in [0.25, 0.3) is 0 Å². The largest absolute Gasteiger partial charge is 0.217 e. The second kappa shape index (κ2) is 3.45. The minimum atomic E-state index is -2.88. The van der Waals surface area contributed by atoms with Gasteiger partial charge in [-0.05, 0) is 30.6 Å². The van der Waals surface area contributed by atoms with Gasteiger partial charge in [-0.3, -0.25) is 0 Å². The molecule has 88 valence electrons. The fourth-order valence-corrected chi connectivity index (χ4v) is 4.29. The summed E-state index contributed by atoms with van der Waals surface area (Å²) in [5.74, 6) is 0.582. The normalized spacial score (nSPS) is 25.3. The molecule has 0 unspecified atom stereocenters. The van der Waals surface area contributed by atoms with Gasteiger partial charge in [0, 0.05) is 13.1 Å². The topological polar surface area (TPSA) is 37.4 Å². The summed E-state index contributed by atoms with van der Waals surface area (Å²) >= 11 is 0. The number of hydrogen-bond acceptors (Lipinski definition) is 2. The first kappa shape index (κ1) is 11.4. The zero-order valence-corrected chi connectivity index (χ0v) is 10.7. The van der Waals surface area contributed by atoms with Crippen LogP contribution in [-0.4, -0.2) is 31.1 Å². The predicted molar refractivity (Wildman–Crippen MR) is 61.1 cm³/mol. The lowest BCUT2D eigenvalue weighted by Crippen LogP contribution is -2.51. The minimum Gasteiger partial charge on any atom is -0.212 e. The third-order valence-corrected chi connectivity index (χ3v) is 5.46. The first-order valence-electron chi connectivity index (χ1n) is 5.78. The molecule has 1 saturated heterocycles. The van der Waals surface area contributed by atoms with Crippen molar-refractivity contribution in [3.05, 3.63) is 0 Å². The zero-order chi connectivity index (χ0) is 11.3. The van der Waals surface area contributed by atoms with Crippen molar-refractivity contribution in [1.82, 2.24) is 4.31 Å². The Kier molecular flexibility index (Phi) is 2.62. The van der Waals surface area contributed by atoms with Crippen LogP contribution in [0.15, 0.2) is 0 Å². The van der Waals surface area contributed by atoms with Gasteiger partial charge < -0.3 is 0 Å². The van der Waals surface area contributed by atoms with Crippen molar-refractivity contribution < 1.29 is 8.42 Å². The Hall–Kier alpha value is -0.0900. The molecule has 0 aromatic rings. The lowest BCUT2D eigenvalue weighted by atomic mass is 9.82. The highest BCUT2D eigenvalue weighted by Crippen LogP contribution is 2.37. The molecule has 15 heavy (non-hydrogen) atoms. The molecule has 2 aliphatic rings. The molecule has 0 bridgehead atoms. The highest BCUT2D eigenvalue weighted by atomic mass is 32.2. The number of nitrogens with zero attached hydrogens (tertiary/aromatic N) is 1. The second-order valence-electron chi connectivity index (χ2n) is 6.19. The monoisotopic (exact) mass is 231 g/mol. The molecule has 0 N–H and O–H groups in total. The maximum atomic E-state index is 11.8. The minimum absolute atomic E-state index is 0.0342. The lowest BCUT2D eigenvalue weighted by molar-refractivity contribution is 0.144. The number of rotatable bonds is 3. The Labute approximate surface area is 92.9 Å². The van der Waals surface area contributed by atoms with Crippen molar-refractivity contribution in [2.75, 3.05) is 13.1 Å². The fourth-order valence-electron chi connectivity index (χ4n) is 2.30. The Morgan fingerprint density at radius 3 is 2.13 bits per heavy atom. The Balaban J connectivity index is 1.83. The summed E-state index contributed by atoms with van der Waals surface area (Å²) in [7, 11) is -2.88. The summed E-state index contributed by atoms with van der Waals surface area (Å²) in [6.07, 6.45) is 2.88. The Morgan fingerprint density at radius 2 is 1.73 bits per heavy atom. The van der Waals surface area contributed by atoms with Crippen LogP contribution in [0.1, 0.15) is 40.0 Å². The number of hydrogen-bond donors (Lipinski definition) is 0. The van der Waals surface area contributed by atoms with E-state index in [4.69, 9.17) is 0 Å². The van der Waals surface area contributed by atoms with E-state index in [0.29, 0.717) is 11.3 Å². The van der Waals surface area contributed by atoms with E-state index in [1.165, 1.54) is 0 Å². The molecule has 0 atom stereocenters. The van der Waals surface area contributed by atoms with E-state index in [1.807, 2.05) is 0 Å². The van der Waals surface area contributed by atoms with Crippen molar-refractivity contribution in [3.63, 3.8) is 0 Å². The third-order valence-electron chi connectivity index (χ3n) is 3.13. The van der Waals surface area contributed by atoms with Crippen LogP contribution in [0.2, 0.25) is 0 Å². The van der Waals surface area contributed by atoms with E-state index >= 15 is 0 Å². The van der Waals surface area contributed by atoms with Crippen LogP contribution >= 0.6 is 0 Å². The van der Waals surface area contributed by atoms with E-state index in [9.17, 15) is 8.42 Å². The van der Waals surface area contributed by atoms with Crippen molar-refractivity contribution in [1.29, 1.82) is 0 Å². The Morgan fingerprint density at radius 1 is 1.20 bits per heavy atom. The summed E-state index contributed by atoms with van der Waals surface area (Å²) in [5, 5.41) is -0.0342. The van der Waals surface area contributed by atoms with Gasteiger partial charge >= 0.3 is 0 Å². The summed E-state index contributed by atoms with van der Waals surface area (Å²) < 4.78 is 25.3. The van der Waals surface area contributed by atoms with Gasteiger partial charge in [-0.15, -0.1) is 0 Å². The molecular formula is C11H21NO2S. The van der Waals surface area contributed by atoms with Crippen LogP contribution in [0.3, 0.4) is 0 Å². The van der Waals surface area contributed by atoms with E-state index in [2.05, 4.69) is 20.8 Å². The van der Waals surface area contributed by atoms with E-state index < -0.39 is 10.0 Å². The van der Waals surface area contributed by atoms with Crippen LogP contribution < -0.4 is 0 Å². The lowest BCUT2D eigenvalue weighted by Gasteiger charge is -2.41. The van der Waals surface area contributed by atoms with Gasteiger partial charge in [-0.2, -0.15) is 0 Å². The van der Waals surface area contributed by atoms with Crippen LogP contribution in [0, 0.1) is 11.3 Å². The summed E-state index contributed by atoms with van der Waals surface area (Å²) in [6.45, 7) is 8.16. The smallest absolute Gasteiger partial charge is 0.212 e. The van der Waals surface area contributed by atoms with Crippen LogP contribution in [0.4, 0.5) is 0 Å². The molecule has 2 rings (SSSR count). The number of sulfonamides is 1. The Bertz CT molecular complexity index is 332. The maximum Gasteiger partial charge on any atom is 0.217 e. The molecule has 1 aliphatic heterocycles. The molecule has 2 fully saturated rings. The molecule has 1 saturated carbocycles. The maximum absolute atomic E-state index is 11.8. The van der Waals surface area contributed by atoms with E-state index in [1.54, 1.807) is 4.31 Å². The van der Waals surface area contributed by atoms with E-state index in [-0.39, 0.29) is 5.25 Å². The molecule has 0 amide bonds. The second-order valence-corrected chi connectivity index (χ2v) is 8.41. The third kappa shape index (κ3) is 2.53. The average molecular weight is 231 g/mol. The molecule has 3 nitrogen and oxygen atoms in total. The highest BCUT2D eigenvalue weighted by molar-refractivity contribution is 7.90. The predicted octanol–water partition coefficient (Wildman–Crippen LogP) is 1.85. The van der Waals surface area contributed by atoms with Crippen molar-refractivity contribution in [3.8, 4) is 0 Å². The summed E-state index contributed by atoms with van der Waals surface area (Å²) in [6, 6.07) is 0. The van der Waals surface area contributed by atoms with Crippen LogP contribution in [-0.2, 0) is 10.0 Å². The zero-order valence-electron chi connectivity index (χ0n) is 9.86. The highest BCUT2D eigenvalue weighted by Gasteiger charge is 2.45. The molecule has 4 heteroatoms. The average Bonchev–Trinajstić information content (AvgIpc) is 2.74. The van der Waals surface area contributed by atoms with Gasteiger partial charge in [-0.1, -0.05) is 20.8 Å². The standard InChI is InChI=1S/C11H21NO2S/c1-11(2,3)6-9-7-12(8-9)15(13,14)10-4-5-10/h9-10H,4-8H2,1-3H3. The SMILES string of the molecule is CC(C)(C)CC1CN(S(=O)(=O)C2CC2)C1. The van der Waals surface area contributed by atoms with E-state index in [0.717, 1.165) is 32.4 Å². The van der Waals surface area contributed by atoms with Gasteiger partial charge in [-0.25, -0.2) is 12.7 Å². The first-order chi connectivity index (χ1) is 6.79. The summed E-state index contributed by atoms with van der Waals surface area (Å²) in [5.41, 5.74) is 0.320. The van der Waals surface area contributed by atoms with Crippen LogP contribution in [0.5, 0.6) is 0 Å². The molecule has 1 heterocycles. The first-order valence-corrected chi connectivity index (χ1v) is 7.28. The molecule has 1 aliphatic carbocycles. The molecular weight excluding hydrogens is 210 g/mol. The molecule has 0 radical (unpaired) electrons. The van der Waals surface area contributed by atoms with Crippen molar-refractivity contribution in [2.24, 2.45) is 11.3 Å². The van der Waals surface area contributed by atoms with Crippen molar-refractivity contribution in [2.45, 2.75) is 45.3 Å². The molecule has 0 aromatic heterocycles.